The number of aliphatic hydroxyl groups excluding tert-OH is 1. The molecule has 0 spiro atoms. The highest BCUT2D eigenvalue weighted by Crippen LogP contribution is 2.32. The van der Waals surface area contributed by atoms with E-state index in [1.165, 1.54) is 5.56 Å². The predicted molar refractivity (Wildman–Crippen MR) is 137 cm³/mol. The average molecular weight is 464 g/mol. The van der Waals surface area contributed by atoms with Gasteiger partial charge in [-0.15, -0.1) is 6.58 Å². The normalized spacial score (nSPS) is 12.3. The zero-order chi connectivity index (χ0) is 24.5. The third-order valence-electron chi connectivity index (χ3n) is 5.39. The maximum absolute atomic E-state index is 10.6. The quantitative estimate of drug-likeness (QED) is 0.275. The lowest BCUT2D eigenvalue weighted by Crippen LogP contribution is -2.37. The van der Waals surface area contributed by atoms with Gasteiger partial charge in [0, 0.05) is 19.6 Å². The van der Waals surface area contributed by atoms with Crippen LogP contribution in [0.5, 0.6) is 11.6 Å². The molecule has 0 fully saturated rings. The molecule has 0 radical (unpaired) electrons. The van der Waals surface area contributed by atoms with Crippen LogP contribution in [0.1, 0.15) is 30.7 Å². The molecular weight excluding hydrogens is 426 g/mol. The number of para-hydroxylation sites is 1. The predicted octanol–water partition coefficient (Wildman–Crippen LogP) is 5.30. The molecule has 3 rings (SSSR count). The monoisotopic (exact) mass is 463 g/mol. The lowest BCUT2D eigenvalue weighted by molar-refractivity contribution is 0.0222. The van der Waals surface area contributed by atoms with Crippen LogP contribution in [0.25, 0.3) is 5.69 Å². The Kier molecular flexibility index (Phi) is 9.45. The smallest absolute Gasteiger partial charge is 0.227 e. The molecule has 1 atom stereocenters. The van der Waals surface area contributed by atoms with E-state index in [1.54, 1.807) is 6.08 Å². The van der Waals surface area contributed by atoms with Gasteiger partial charge in [0.05, 0.1) is 36.3 Å². The van der Waals surface area contributed by atoms with Gasteiger partial charge in [-0.05, 0) is 44.0 Å². The highest BCUT2D eigenvalue weighted by atomic mass is 16.5. The summed E-state index contributed by atoms with van der Waals surface area (Å²) in [4.78, 5) is 2.24. The molecule has 0 unspecified atom stereocenters. The van der Waals surface area contributed by atoms with Crippen molar-refractivity contribution in [3.63, 3.8) is 0 Å². The molecule has 1 heterocycles. The van der Waals surface area contributed by atoms with E-state index in [0.717, 1.165) is 29.2 Å². The summed E-state index contributed by atoms with van der Waals surface area (Å²) in [5.41, 5.74) is 4.02. The lowest BCUT2D eigenvalue weighted by atomic mass is 10.1. The number of hydrogen-bond acceptors (Lipinski definition) is 5. The van der Waals surface area contributed by atoms with Crippen molar-refractivity contribution in [3.05, 3.63) is 84.1 Å². The van der Waals surface area contributed by atoms with E-state index in [0.29, 0.717) is 31.5 Å². The van der Waals surface area contributed by atoms with Crippen LogP contribution in [0.4, 0.5) is 0 Å². The Morgan fingerprint density at radius 1 is 1.06 bits per heavy atom. The second-order valence-electron chi connectivity index (χ2n) is 9.10. The molecule has 1 N–H and O–H groups in total. The van der Waals surface area contributed by atoms with Gasteiger partial charge in [-0.25, -0.2) is 4.68 Å². The van der Waals surface area contributed by atoms with E-state index in [9.17, 15) is 5.11 Å². The maximum atomic E-state index is 10.6. The summed E-state index contributed by atoms with van der Waals surface area (Å²) < 4.78 is 13.8. The van der Waals surface area contributed by atoms with Crippen molar-refractivity contribution in [2.45, 2.75) is 40.3 Å². The van der Waals surface area contributed by atoms with Gasteiger partial charge in [0.2, 0.25) is 5.88 Å². The Morgan fingerprint density at radius 3 is 2.41 bits per heavy atom. The van der Waals surface area contributed by atoms with Gasteiger partial charge >= 0.3 is 0 Å². The third-order valence-corrected chi connectivity index (χ3v) is 5.39. The Bertz CT molecular complexity index is 1030. The molecule has 182 valence electrons. The minimum absolute atomic E-state index is 0.273. The lowest BCUT2D eigenvalue weighted by Gasteiger charge is -2.27. The summed E-state index contributed by atoms with van der Waals surface area (Å²) in [5, 5.41) is 15.4. The van der Waals surface area contributed by atoms with E-state index in [-0.39, 0.29) is 6.61 Å². The zero-order valence-corrected chi connectivity index (χ0v) is 20.8. The summed E-state index contributed by atoms with van der Waals surface area (Å²) in [6, 6.07) is 18.0. The number of rotatable bonds is 13. The first-order valence-corrected chi connectivity index (χ1v) is 11.8. The number of hydrogen-bond donors (Lipinski definition) is 1. The topological polar surface area (TPSA) is 59.8 Å². The van der Waals surface area contributed by atoms with Crippen LogP contribution in [-0.2, 0) is 11.3 Å². The summed E-state index contributed by atoms with van der Waals surface area (Å²) >= 11 is 0. The van der Waals surface area contributed by atoms with E-state index in [1.807, 2.05) is 66.2 Å². The number of aliphatic hydroxyl groups is 1. The van der Waals surface area contributed by atoms with Crippen LogP contribution in [0.2, 0.25) is 0 Å². The van der Waals surface area contributed by atoms with Crippen molar-refractivity contribution in [2.75, 3.05) is 26.3 Å². The fourth-order valence-corrected chi connectivity index (χ4v) is 3.87. The third kappa shape index (κ3) is 7.29. The van der Waals surface area contributed by atoms with Gasteiger partial charge < -0.3 is 14.6 Å². The summed E-state index contributed by atoms with van der Waals surface area (Å²) in [5.74, 6) is 1.89. The molecule has 6 nitrogen and oxygen atoms in total. The first-order chi connectivity index (χ1) is 16.4. The van der Waals surface area contributed by atoms with Crippen LogP contribution < -0.4 is 4.74 Å². The zero-order valence-electron chi connectivity index (χ0n) is 20.8. The van der Waals surface area contributed by atoms with Crippen molar-refractivity contribution in [1.82, 2.24) is 14.7 Å². The fourth-order valence-electron chi connectivity index (χ4n) is 3.87. The van der Waals surface area contributed by atoms with Gasteiger partial charge in [0.25, 0.3) is 0 Å². The summed E-state index contributed by atoms with van der Waals surface area (Å²) in [7, 11) is 0. The standard InChI is InChI=1S/C28H37N3O3/c1-6-16-33-20-25(32)18-30(17-21(2)3)19-27-23(5)29-31(24-10-8-7-9-11-24)28(27)34-26-14-12-22(4)13-15-26/h6-15,21,25,32H,1,16-20H2,2-5H3/t25-/m0/s1. The number of nitrogens with zero attached hydrogens (tertiary/aromatic N) is 3. The molecule has 0 amide bonds. The minimum Gasteiger partial charge on any atom is -0.439 e. The highest BCUT2D eigenvalue weighted by molar-refractivity contribution is 5.43. The molecule has 3 aromatic rings. The van der Waals surface area contributed by atoms with Gasteiger partial charge in [-0.2, -0.15) is 5.10 Å². The molecule has 0 aliphatic heterocycles. The van der Waals surface area contributed by atoms with Crippen LogP contribution in [0.3, 0.4) is 0 Å². The van der Waals surface area contributed by atoms with Gasteiger partial charge in [0.15, 0.2) is 0 Å². The molecule has 0 saturated heterocycles. The first-order valence-electron chi connectivity index (χ1n) is 11.8. The SMILES string of the molecule is C=CCOC[C@@H](O)CN(Cc1c(C)nn(-c2ccccc2)c1Oc1ccc(C)cc1)CC(C)C. The Balaban J connectivity index is 1.93. The average Bonchev–Trinajstić information content (AvgIpc) is 3.10. The molecule has 1 aromatic heterocycles. The van der Waals surface area contributed by atoms with Crippen LogP contribution in [-0.4, -0.2) is 52.2 Å². The Morgan fingerprint density at radius 2 is 1.76 bits per heavy atom. The van der Waals surface area contributed by atoms with Crippen LogP contribution >= 0.6 is 0 Å². The molecular formula is C28H37N3O3. The Hall–Kier alpha value is -2.93. The highest BCUT2D eigenvalue weighted by Gasteiger charge is 2.23. The van der Waals surface area contributed by atoms with Crippen LogP contribution in [0.15, 0.2) is 67.3 Å². The molecule has 2 aromatic carbocycles. The van der Waals surface area contributed by atoms with Gasteiger partial charge in [-0.3, -0.25) is 4.90 Å². The molecule has 0 aliphatic rings. The summed E-state index contributed by atoms with van der Waals surface area (Å²) in [6.45, 7) is 14.7. The molecule has 6 heteroatoms. The molecule has 0 bridgehead atoms. The van der Waals surface area contributed by atoms with Crippen molar-refractivity contribution in [3.8, 4) is 17.3 Å². The van der Waals surface area contributed by atoms with Gasteiger partial charge in [0.1, 0.15) is 5.75 Å². The number of aromatic nitrogens is 2. The van der Waals surface area contributed by atoms with Gasteiger partial charge in [-0.1, -0.05) is 55.8 Å². The number of benzene rings is 2. The maximum Gasteiger partial charge on any atom is 0.227 e. The molecule has 0 aliphatic carbocycles. The number of ether oxygens (including phenoxy) is 2. The minimum atomic E-state index is -0.593. The Labute approximate surface area is 203 Å². The molecule has 34 heavy (non-hydrogen) atoms. The van der Waals surface area contributed by atoms with Crippen LogP contribution in [0, 0.1) is 19.8 Å². The first kappa shape index (κ1) is 25.7. The van der Waals surface area contributed by atoms with Crippen molar-refractivity contribution >= 4 is 0 Å². The van der Waals surface area contributed by atoms with E-state index in [2.05, 4.69) is 32.3 Å². The van der Waals surface area contributed by atoms with E-state index < -0.39 is 6.10 Å². The second-order valence-corrected chi connectivity index (χ2v) is 9.10. The fraction of sp³-hybridized carbons (Fsp3) is 0.393. The summed E-state index contributed by atoms with van der Waals surface area (Å²) in [6.07, 6.45) is 1.10. The van der Waals surface area contributed by atoms with Crippen molar-refractivity contribution in [2.24, 2.45) is 5.92 Å². The molecule has 0 saturated carbocycles. The van der Waals surface area contributed by atoms with Crippen molar-refractivity contribution in [1.29, 1.82) is 0 Å². The van der Waals surface area contributed by atoms with E-state index in [4.69, 9.17) is 14.6 Å². The van der Waals surface area contributed by atoms with E-state index >= 15 is 0 Å². The number of aryl methyl sites for hydroxylation is 2. The largest absolute Gasteiger partial charge is 0.439 e. The van der Waals surface area contributed by atoms with Crippen molar-refractivity contribution < 1.29 is 14.6 Å². The second kappa shape index (κ2) is 12.5.